The van der Waals surface area contributed by atoms with Crippen LogP contribution in [0.15, 0.2) is 36.8 Å². The van der Waals surface area contributed by atoms with Gasteiger partial charge in [0.05, 0.1) is 6.54 Å². The van der Waals surface area contributed by atoms with Crippen molar-refractivity contribution >= 4 is 11.6 Å². The molecule has 3 aromatic heterocycles. The number of halogens is 3. The summed E-state index contributed by atoms with van der Waals surface area (Å²) in [4.78, 5) is 11.8. The number of fused-ring (bicyclic) bond motifs is 1. The molecule has 10 heteroatoms. The smallest absolute Gasteiger partial charge is 0.347 e. The van der Waals surface area contributed by atoms with Gasteiger partial charge in [0.1, 0.15) is 12.1 Å². The Bertz CT molecular complexity index is 824. The van der Waals surface area contributed by atoms with Crippen molar-refractivity contribution in [3.8, 4) is 0 Å². The minimum atomic E-state index is -4.52. The lowest BCUT2D eigenvalue weighted by atomic mass is 10.2. The van der Waals surface area contributed by atoms with Gasteiger partial charge in [0.2, 0.25) is 5.91 Å². The molecule has 0 unspecified atom stereocenters. The molecule has 0 atom stereocenters. The molecule has 0 fully saturated rings. The summed E-state index contributed by atoms with van der Waals surface area (Å²) in [6.07, 6.45) is 0.0648. The lowest BCUT2D eigenvalue weighted by molar-refractivity contribution is -0.136. The van der Waals surface area contributed by atoms with E-state index in [2.05, 4.69) is 20.6 Å². The van der Waals surface area contributed by atoms with E-state index in [0.29, 0.717) is 0 Å². The molecule has 0 aliphatic carbocycles. The van der Waals surface area contributed by atoms with Crippen molar-refractivity contribution in [1.29, 1.82) is 0 Å². The molecule has 0 saturated carbocycles. The Hall–Kier alpha value is -2.91. The molecule has 1 N–H and O–H groups in total. The largest absolute Gasteiger partial charge is 0.420 e. The van der Waals surface area contributed by atoms with Crippen molar-refractivity contribution in [1.82, 2.24) is 29.7 Å². The zero-order valence-corrected chi connectivity index (χ0v) is 11.7. The second-order valence-electron chi connectivity index (χ2n) is 4.71. The molecule has 0 spiro atoms. The molecular weight excluding hydrogens is 313 g/mol. The van der Waals surface area contributed by atoms with E-state index in [1.807, 2.05) is 0 Å². The fourth-order valence-electron chi connectivity index (χ4n) is 2.08. The molecule has 3 rings (SSSR count). The van der Waals surface area contributed by atoms with E-state index in [9.17, 15) is 18.0 Å². The molecule has 0 radical (unpaired) electrons. The fraction of sp³-hybridized carbons (Fsp3) is 0.231. The third-order valence-electron chi connectivity index (χ3n) is 3.12. The topological polar surface area (TPSA) is 77.1 Å². The molecule has 0 bridgehead atoms. The molecule has 7 nitrogen and oxygen atoms in total. The molecule has 0 aliphatic heterocycles. The highest BCUT2D eigenvalue weighted by Crippen LogP contribution is 2.31. The van der Waals surface area contributed by atoms with E-state index in [4.69, 9.17) is 0 Å². The minimum Gasteiger partial charge on any atom is -0.347 e. The molecule has 0 aromatic carbocycles. The number of amides is 1. The van der Waals surface area contributed by atoms with Crippen LogP contribution < -0.4 is 5.32 Å². The van der Waals surface area contributed by atoms with Gasteiger partial charge in [-0.15, -0.1) is 10.2 Å². The lowest BCUT2D eigenvalue weighted by Crippen LogP contribution is -2.28. The Kier molecular flexibility index (Phi) is 3.72. The number of nitrogens with one attached hydrogen (secondary N) is 1. The van der Waals surface area contributed by atoms with Crippen LogP contribution in [0.5, 0.6) is 0 Å². The molecule has 120 valence electrons. The molecular formula is C13H11F3N6O. The van der Waals surface area contributed by atoms with Gasteiger partial charge < -0.3 is 5.32 Å². The maximum Gasteiger partial charge on any atom is 0.420 e. The van der Waals surface area contributed by atoms with Crippen molar-refractivity contribution in [2.24, 2.45) is 0 Å². The van der Waals surface area contributed by atoms with Crippen molar-refractivity contribution in [2.45, 2.75) is 19.3 Å². The summed E-state index contributed by atoms with van der Waals surface area (Å²) in [6.45, 7) is -0.0277. The van der Waals surface area contributed by atoms with E-state index in [0.717, 1.165) is 6.07 Å². The van der Waals surface area contributed by atoms with Crippen molar-refractivity contribution in [2.75, 3.05) is 0 Å². The average Bonchev–Trinajstić information content (AvgIpc) is 3.13. The SMILES string of the molecule is O=C(Cn1cccn1)NCc1nnc2c(C(F)(F)F)cccn12. The second kappa shape index (κ2) is 5.71. The first-order valence-corrected chi connectivity index (χ1v) is 6.59. The number of alkyl halides is 3. The number of aromatic nitrogens is 5. The van der Waals surface area contributed by atoms with Crippen molar-refractivity contribution in [3.63, 3.8) is 0 Å². The van der Waals surface area contributed by atoms with Gasteiger partial charge in [0.25, 0.3) is 0 Å². The van der Waals surface area contributed by atoms with Crippen LogP contribution in [0.1, 0.15) is 11.4 Å². The molecule has 0 aliphatic rings. The summed E-state index contributed by atoms with van der Waals surface area (Å²) in [7, 11) is 0. The van der Waals surface area contributed by atoms with E-state index in [-0.39, 0.29) is 30.5 Å². The van der Waals surface area contributed by atoms with Crippen LogP contribution in [-0.4, -0.2) is 30.3 Å². The van der Waals surface area contributed by atoms with Crippen LogP contribution in [-0.2, 0) is 24.1 Å². The van der Waals surface area contributed by atoms with Crippen LogP contribution in [0, 0.1) is 0 Å². The quantitative estimate of drug-likeness (QED) is 0.784. The first-order valence-electron chi connectivity index (χ1n) is 6.59. The van der Waals surface area contributed by atoms with Crippen LogP contribution in [0.2, 0.25) is 0 Å². The number of carbonyl (C=O) groups excluding carboxylic acids is 1. The van der Waals surface area contributed by atoms with Crippen LogP contribution in [0.25, 0.3) is 5.65 Å². The summed E-state index contributed by atoms with van der Waals surface area (Å²) in [5.74, 6) is -0.127. The summed E-state index contributed by atoms with van der Waals surface area (Å²) in [5.41, 5.74) is -1.17. The number of carbonyl (C=O) groups is 1. The average molecular weight is 324 g/mol. The number of pyridine rings is 1. The molecule has 1 amide bonds. The second-order valence-corrected chi connectivity index (χ2v) is 4.71. The van der Waals surface area contributed by atoms with Crippen molar-refractivity contribution in [3.05, 3.63) is 48.2 Å². The highest BCUT2D eigenvalue weighted by atomic mass is 19.4. The third kappa shape index (κ3) is 3.15. The third-order valence-corrected chi connectivity index (χ3v) is 3.12. The Morgan fingerprint density at radius 2 is 2.04 bits per heavy atom. The molecule has 0 saturated heterocycles. The van der Waals surface area contributed by atoms with Crippen LogP contribution >= 0.6 is 0 Å². The van der Waals surface area contributed by atoms with Gasteiger partial charge >= 0.3 is 6.18 Å². The van der Waals surface area contributed by atoms with Gasteiger partial charge in [-0.1, -0.05) is 0 Å². The van der Waals surface area contributed by atoms with E-state index in [1.54, 1.807) is 12.3 Å². The zero-order chi connectivity index (χ0) is 16.4. The predicted octanol–water partition coefficient (Wildman–Crippen LogP) is 1.26. The van der Waals surface area contributed by atoms with Gasteiger partial charge in [-0.05, 0) is 18.2 Å². The number of rotatable bonds is 4. The summed E-state index contributed by atoms with van der Waals surface area (Å²) < 4.78 is 41.3. The van der Waals surface area contributed by atoms with Crippen LogP contribution in [0.3, 0.4) is 0 Å². The highest BCUT2D eigenvalue weighted by Gasteiger charge is 2.34. The van der Waals surface area contributed by atoms with Crippen LogP contribution in [0.4, 0.5) is 13.2 Å². The fourth-order valence-corrected chi connectivity index (χ4v) is 2.08. The number of hydrogen-bond acceptors (Lipinski definition) is 4. The van der Waals surface area contributed by atoms with Gasteiger partial charge in [-0.2, -0.15) is 18.3 Å². The van der Waals surface area contributed by atoms with E-state index >= 15 is 0 Å². The van der Waals surface area contributed by atoms with Gasteiger partial charge in [0.15, 0.2) is 11.5 Å². The Morgan fingerprint density at radius 1 is 1.22 bits per heavy atom. The monoisotopic (exact) mass is 324 g/mol. The van der Waals surface area contributed by atoms with Gasteiger partial charge in [-0.25, -0.2) is 0 Å². The maximum atomic E-state index is 12.9. The summed E-state index contributed by atoms with van der Waals surface area (Å²) >= 11 is 0. The standard InChI is InChI=1S/C13H11F3N6O/c14-13(15,16)9-3-1-6-22-10(19-20-12(9)22)7-17-11(23)8-21-5-2-4-18-21/h1-6H,7-8H2,(H,17,23). The summed E-state index contributed by atoms with van der Waals surface area (Å²) in [5, 5.41) is 13.7. The first kappa shape index (κ1) is 15.0. The predicted molar refractivity (Wildman–Crippen MR) is 72.1 cm³/mol. The Labute approximate surface area is 127 Å². The minimum absolute atomic E-state index is 0.0114. The highest BCUT2D eigenvalue weighted by molar-refractivity contribution is 5.75. The lowest BCUT2D eigenvalue weighted by Gasteiger charge is -2.08. The maximum absolute atomic E-state index is 12.9. The molecule has 3 aromatic rings. The number of hydrogen-bond donors (Lipinski definition) is 1. The van der Waals surface area contributed by atoms with Gasteiger partial charge in [-0.3, -0.25) is 13.9 Å². The Morgan fingerprint density at radius 3 is 2.74 bits per heavy atom. The molecule has 23 heavy (non-hydrogen) atoms. The summed E-state index contributed by atoms with van der Waals surface area (Å²) in [6, 6.07) is 3.87. The first-order chi connectivity index (χ1) is 10.9. The number of nitrogens with zero attached hydrogens (tertiary/aromatic N) is 5. The Balaban J connectivity index is 1.75. The van der Waals surface area contributed by atoms with E-state index in [1.165, 1.54) is 27.5 Å². The van der Waals surface area contributed by atoms with E-state index < -0.39 is 11.7 Å². The zero-order valence-electron chi connectivity index (χ0n) is 11.7. The van der Waals surface area contributed by atoms with Gasteiger partial charge in [0, 0.05) is 18.6 Å². The normalized spacial score (nSPS) is 11.8. The van der Waals surface area contributed by atoms with Crippen molar-refractivity contribution < 1.29 is 18.0 Å². The molecule has 3 heterocycles.